The number of benzene rings is 3. The largest absolute Gasteiger partial charge is 0.375 e. The minimum Gasteiger partial charge on any atom is -0.375 e. The van der Waals surface area contributed by atoms with Crippen molar-refractivity contribution in [1.82, 2.24) is 5.32 Å². The zero-order chi connectivity index (χ0) is 21.6. The highest BCUT2D eigenvalue weighted by Gasteiger charge is 2.30. The zero-order valence-corrected chi connectivity index (χ0v) is 17.7. The minimum absolute atomic E-state index is 0.00302. The smallest absolute Gasteiger partial charge is 0.253 e. The monoisotopic (exact) mass is 413 g/mol. The zero-order valence-electron chi connectivity index (χ0n) is 17.7. The number of nitrogens with one attached hydrogen (secondary N) is 2. The Morgan fingerprint density at radius 1 is 0.935 bits per heavy atom. The molecule has 1 heterocycles. The molecule has 3 aromatic rings. The van der Waals surface area contributed by atoms with E-state index in [1.54, 1.807) is 6.07 Å². The van der Waals surface area contributed by atoms with Crippen LogP contribution in [0.25, 0.3) is 0 Å². The quantitative estimate of drug-likeness (QED) is 0.614. The Balaban J connectivity index is 1.37. The van der Waals surface area contributed by atoms with Crippen LogP contribution >= 0.6 is 0 Å². The Bertz CT molecular complexity index is 1070. The molecule has 2 N–H and O–H groups in total. The Hall–Kier alpha value is -3.60. The maximum Gasteiger partial charge on any atom is 0.253 e. The lowest BCUT2D eigenvalue weighted by Crippen LogP contribution is -2.39. The molecule has 0 aromatic heterocycles. The molecular weight excluding hydrogens is 386 g/mol. The molecule has 0 saturated carbocycles. The van der Waals surface area contributed by atoms with E-state index < -0.39 is 0 Å². The van der Waals surface area contributed by atoms with Crippen LogP contribution in [0.4, 0.5) is 11.4 Å². The van der Waals surface area contributed by atoms with Gasteiger partial charge in [-0.1, -0.05) is 60.7 Å². The third-order valence-electron chi connectivity index (χ3n) is 5.62. The summed E-state index contributed by atoms with van der Waals surface area (Å²) in [5.41, 5.74) is 4.56. The van der Waals surface area contributed by atoms with Crippen LogP contribution in [0.1, 0.15) is 28.4 Å². The first-order valence-corrected chi connectivity index (χ1v) is 10.7. The molecule has 1 aliphatic heterocycles. The normalized spacial score (nSPS) is 14.7. The first-order valence-electron chi connectivity index (χ1n) is 10.7. The first-order chi connectivity index (χ1) is 15.1. The lowest BCUT2D eigenvalue weighted by Gasteiger charge is -2.23. The van der Waals surface area contributed by atoms with Gasteiger partial charge in [-0.05, 0) is 49.1 Å². The van der Waals surface area contributed by atoms with E-state index >= 15 is 0 Å². The lowest BCUT2D eigenvalue weighted by atomic mass is 10.1. The average Bonchev–Trinajstić information content (AvgIpc) is 3.14. The van der Waals surface area contributed by atoms with Gasteiger partial charge in [0.05, 0.1) is 12.1 Å². The first kappa shape index (κ1) is 20.7. The molecule has 0 radical (unpaired) electrons. The summed E-state index contributed by atoms with van der Waals surface area (Å²) in [4.78, 5) is 27.5. The summed E-state index contributed by atoms with van der Waals surface area (Å²) >= 11 is 0. The van der Waals surface area contributed by atoms with Crippen LogP contribution in [0.2, 0.25) is 0 Å². The molecule has 2 amide bonds. The SMILES string of the molecule is C[C@H]1Cc2ccccc2N1C(=O)CNc1ccccc1C(=O)NCCc1ccccc1. The van der Waals surface area contributed by atoms with Crippen LogP contribution in [0.3, 0.4) is 0 Å². The molecule has 1 aliphatic rings. The summed E-state index contributed by atoms with van der Waals surface area (Å²) in [5.74, 6) is -0.150. The fourth-order valence-electron chi connectivity index (χ4n) is 4.10. The van der Waals surface area contributed by atoms with E-state index in [0.717, 1.165) is 18.5 Å². The van der Waals surface area contributed by atoms with Crippen molar-refractivity contribution in [1.29, 1.82) is 0 Å². The van der Waals surface area contributed by atoms with Gasteiger partial charge in [0.2, 0.25) is 5.91 Å². The summed E-state index contributed by atoms with van der Waals surface area (Å²) in [6, 6.07) is 25.5. The van der Waals surface area contributed by atoms with Crippen molar-refractivity contribution in [2.45, 2.75) is 25.8 Å². The van der Waals surface area contributed by atoms with Gasteiger partial charge in [-0.15, -0.1) is 0 Å². The molecule has 4 rings (SSSR count). The van der Waals surface area contributed by atoms with Gasteiger partial charge in [0.15, 0.2) is 0 Å². The van der Waals surface area contributed by atoms with E-state index in [4.69, 9.17) is 0 Å². The van der Waals surface area contributed by atoms with Gasteiger partial charge in [0, 0.05) is 24.0 Å². The number of amides is 2. The number of carbonyl (C=O) groups is 2. The van der Waals surface area contributed by atoms with Crippen molar-refractivity contribution < 1.29 is 9.59 Å². The number of hydrogen-bond donors (Lipinski definition) is 2. The Kier molecular flexibility index (Phi) is 6.32. The molecule has 0 aliphatic carbocycles. The maximum absolute atomic E-state index is 13.0. The van der Waals surface area contributed by atoms with Gasteiger partial charge < -0.3 is 15.5 Å². The number of nitrogens with zero attached hydrogens (tertiary/aromatic N) is 1. The molecule has 0 bridgehead atoms. The van der Waals surface area contributed by atoms with E-state index in [2.05, 4.69) is 23.6 Å². The molecule has 0 spiro atoms. The van der Waals surface area contributed by atoms with E-state index in [1.807, 2.05) is 71.6 Å². The standard InChI is InChI=1S/C26H27N3O2/c1-19-17-21-11-5-8-14-24(21)29(19)25(30)18-28-23-13-7-6-12-22(23)26(31)27-16-15-20-9-3-2-4-10-20/h2-14,19,28H,15-18H2,1H3,(H,27,31)/t19-/m0/s1. The highest BCUT2D eigenvalue weighted by atomic mass is 16.2. The predicted molar refractivity (Wildman–Crippen MR) is 125 cm³/mol. The van der Waals surface area contributed by atoms with E-state index in [-0.39, 0.29) is 24.4 Å². The van der Waals surface area contributed by atoms with Crippen molar-refractivity contribution in [2.75, 3.05) is 23.3 Å². The van der Waals surface area contributed by atoms with E-state index in [9.17, 15) is 9.59 Å². The summed E-state index contributed by atoms with van der Waals surface area (Å²) in [5, 5.41) is 6.15. The van der Waals surface area contributed by atoms with Gasteiger partial charge in [-0.3, -0.25) is 9.59 Å². The van der Waals surface area contributed by atoms with Gasteiger partial charge in [0.1, 0.15) is 0 Å². The minimum atomic E-state index is -0.147. The second-order valence-electron chi connectivity index (χ2n) is 7.84. The number of rotatable bonds is 7. The van der Waals surface area contributed by atoms with Gasteiger partial charge in [-0.25, -0.2) is 0 Å². The molecule has 5 heteroatoms. The lowest BCUT2D eigenvalue weighted by molar-refractivity contribution is -0.117. The molecule has 0 unspecified atom stereocenters. The third kappa shape index (κ3) is 4.77. The highest BCUT2D eigenvalue weighted by molar-refractivity contribution is 6.02. The third-order valence-corrected chi connectivity index (χ3v) is 5.62. The predicted octanol–water partition coefficient (Wildman–Crippen LogP) is 4.05. The van der Waals surface area contributed by atoms with E-state index in [1.165, 1.54) is 11.1 Å². The van der Waals surface area contributed by atoms with Gasteiger partial charge in [-0.2, -0.15) is 0 Å². The second-order valence-corrected chi connectivity index (χ2v) is 7.84. The number of anilines is 2. The maximum atomic E-state index is 13.0. The number of fused-ring (bicyclic) bond motifs is 1. The fraction of sp³-hybridized carbons (Fsp3) is 0.231. The molecule has 158 valence electrons. The average molecular weight is 414 g/mol. The molecule has 1 atom stereocenters. The van der Waals surface area contributed by atoms with Crippen molar-refractivity contribution in [3.05, 3.63) is 95.6 Å². The Morgan fingerprint density at radius 3 is 2.48 bits per heavy atom. The molecule has 0 saturated heterocycles. The van der Waals surface area contributed by atoms with Crippen LogP contribution in [0.5, 0.6) is 0 Å². The summed E-state index contributed by atoms with van der Waals surface area (Å²) in [7, 11) is 0. The summed E-state index contributed by atoms with van der Waals surface area (Å²) in [6.45, 7) is 2.75. The highest BCUT2D eigenvalue weighted by Crippen LogP contribution is 2.31. The van der Waals surface area contributed by atoms with Crippen LogP contribution in [-0.2, 0) is 17.6 Å². The Labute approximate surface area is 183 Å². The van der Waals surface area contributed by atoms with Gasteiger partial charge >= 0.3 is 0 Å². The van der Waals surface area contributed by atoms with Crippen molar-refractivity contribution in [3.63, 3.8) is 0 Å². The fourth-order valence-corrected chi connectivity index (χ4v) is 4.10. The Morgan fingerprint density at radius 2 is 1.65 bits per heavy atom. The second kappa shape index (κ2) is 9.47. The number of hydrogen-bond acceptors (Lipinski definition) is 3. The van der Waals surface area contributed by atoms with Crippen LogP contribution in [-0.4, -0.2) is 30.9 Å². The van der Waals surface area contributed by atoms with E-state index in [0.29, 0.717) is 17.8 Å². The summed E-state index contributed by atoms with van der Waals surface area (Å²) in [6.07, 6.45) is 1.63. The van der Waals surface area contributed by atoms with Crippen molar-refractivity contribution >= 4 is 23.2 Å². The number of para-hydroxylation sites is 2. The molecule has 3 aromatic carbocycles. The van der Waals surface area contributed by atoms with Crippen LogP contribution in [0.15, 0.2) is 78.9 Å². The van der Waals surface area contributed by atoms with Crippen molar-refractivity contribution in [2.24, 2.45) is 0 Å². The summed E-state index contributed by atoms with van der Waals surface area (Å²) < 4.78 is 0. The van der Waals surface area contributed by atoms with Crippen LogP contribution < -0.4 is 15.5 Å². The van der Waals surface area contributed by atoms with Crippen molar-refractivity contribution in [3.8, 4) is 0 Å². The molecular formula is C26H27N3O2. The topological polar surface area (TPSA) is 61.4 Å². The van der Waals surface area contributed by atoms with Gasteiger partial charge in [0.25, 0.3) is 5.91 Å². The van der Waals surface area contributed by atoms with Crippen LogP contribution in [0, 0.1) is 0 Å². The number of carbonyl (C=O) groups excluding carboxylic acids is 2. The molecule has 0 fully saturated rings. The molecule has 5 nitrogen and oxygen atoms in total. The molecule has 31 heavy (non-hydrogen) atoms.